The summed E-state index contributed by atoms with van der Waals surface area (Å²) in [5, 5.41) is 2.94. The number of nitrogens with one attached hydrogen (secondary N) is 1. The molecule has 2 unspecified atom stereocenters. The van der Waals surface area contributed by atoms with Crippen LogP contribution in [-0.2, 0) is 14.8 Å². The van der Waals surface area contributed by atoms with Crippen LogP contribution in [0.15, 0.2) is 24.3 Å². The first-order chi connectivity index (χ1) is 11.0. The molecule has 0 bridgehead atoms. The zero-order valence-corrected chi connectivity index (χ0v) is 14.0. The van der Waals surface area contributed by atoms with E-state index in [4.69, 9.17) is 4.74 Å². The zero-order valence-electron chi connectivity index (χ0n) is 13.2. The van der Waals surface area contributed by atoms with E-state index in [2.05, 4.69) is 5.32 Å². The number of sulfonamides is 1. The van der Waals surface area contributed by atoms with Crippen LogP contribution in [0.2, 0.25) is 0 Å². The van der Waals surface area contributed by atoms with Crippen LogP contribution >= 0.6 is 0 Å². The van der Waals surface area contributed by atoms with Crippen LogP contribution in [-0.4, -0.2) is 45.4 Å². The van der Waals surface area contributed by atoms with Gasteiger partial charge in [-0.2, -0.15) is 0 Å². The van der Waals surface area contributed by atoms with E-state index in [1.165, 1.54) is 4.31 Å². The van der Waals surface area contributed by atoms with Gasteiger partial charge in [-0.25, -0.2) is 8.42 Å². The lowest BCUT2D eigenvalue weighted by molar-refractivity contribution is 0.0712. The number of ether oxygens (including phenoxy) is 1. The van der Waals surface area contributed by atoms with Crippen molar-refractivity contribution in [3.63, 3.8) is 0 Å². The van der Waals surface area contributed by atoms with Gasteiger partial charge in [0.15, 0.2) is 0 Å². The Morgan fingerprint density at radius 3 is 2.87 bits per heavy atom. The maximum atomic E-state index is 12.4. The fourth-order valence-corrected chi connectivity index (χ4v) is 4.67. The molecule has 2 heterocycles. The molecule has 6 nitrogen and oxygen atoms in total. The Balaban J connectivity index is 1.73. The van der Waals surface area contributed by atoms with Gasteiger partial charge in [0, 0.05) is 18.7 Å². The van der Waals surface area contributed by atoms with Crippen molar-refractivity contribution >= 4 is 21.6 Å². The Hall–Kier alpha value is -1.60. The molecule has 1 amide bonds. The number of rotatable bonds is 4. The molecule has 2 aliphatic rings. The zero-order chi connectivity index (χ0) is 16.4. The summed E-state index contributed by atoms with van der Waals surface area (Å²) in [6.07, 6.45) is 2.65. The second-order valence-electron chi connectivity index (χ2n) is 6.11. The van der Waals surface area contributed by atoms with Crippen molar-refractivity contribution in [1.82, 2.24) is 5.32 Å². The lowest BCUT2D eigenvalue weighted by Gasteiger charge is -2.21. The molecule has 2 atom stereocenters. The average Bonchev–Trinajstić information content (AvgIpc) is 3.16. The molecule has 1 aromatic rings. The van der Waals surface area contributed by atoms with Crippen LogP contribution in [0, 0.1) is 0 Å². The highest BCUT2D eigenvalue weighted by molar-refractivity contribution is 7.93. The van der Waals surface area contributed by atoms with E-state index < -0.39 is 10.0 Å². The minimum Gasteiger partial charge on any atom is -0.376 e. The van der Waals surface area contributed by atoms with Gasteiger partial charge in [0.2, 0.25) is 10.0 Å². The van der Waals surface area contributed by atoms with Crippen LogP contribution in [0.4, 0.5) is 5.69 Å². The molecular weight excluding hydrogens is 316 g/mol. The second-order valence-corrected chi connectivity index (χ2v) is 8.12. The molecule has 2 saturated heterocycles. The van der Waals surface area contributed by atoms with Crippen molar-refractivity contribution in [1.29, 1.82) is 0 Å². The van der Waals surface area contributed by atoms with Crippen molar-refractivity contribution in [3.8, 4) is 0 Å². The topological polar surface area (TPSA) is 75.7 Å². The van der Waals surface area contributed by atoms with Crippen molar-refractivity contribution in [2.45, 2.75) is 38.3 Å². The highest BCUT2D eigenvalue weighted by atomic mass is 32.2. The molecule has 126 valence electrons. The Morgan fingerprint density at radius 1 is 1.39 bits per heavy atom. The van der Waals surface area contributed by atoms with Gasteiger partial charge in [-0.05, 0) is 44.4 Å². The van der Waals surface area contributed by atoms with Crippen LogP contribution < -0.4 is 9.62 Å². The first-order valence-electron chi connectivity index (χ1n) is 8.00. The SMILES string of the molecule is CC(NC(=O)c1cccc(N2CCCS2(=O)=O)c1)C1CCCO1. The first kappa shape index (κ1) is 16.3. The number of carbonyl (C=O) groups is 1. The predicted octanol–water partition coefficient (Wildman–Crippen LogP) is 1.52. The summed E-state index contributed by atoms with van der Waals surface area (Å²) in [6.45, 7) is 3.15. The van der Waals surface area contributed by atoms with Crippen LogP contribution in [0.5, 0.6) is 0 Å². The van der Waals surface area contributed by atoms with Crippen molar-refractivity contribution in [3.05, 3.63) is 29.8 Å². The molecule has 23 heavy (non-hydrogen) atoms. The highest BCUT2D eigenvalue weighted by Crippen LogP contribution is 2.25. The largest absolute Gasteiger partial charge is 0.376 e. The highest BCUT2D eigenvalue weighted by Gasteiger charge is 2.29. The number of nitrogens with zero attached hydrogens (tertiary/aromatic N) is 1. The van der Waals surface area contributed by atoms with E-state index in [1.807, 2.05) is 6.92 Å². The van der Waals surface area contributed by atoms with Crippen molar-refractivity contribution < 1.29 is 17.9 Å². The summed E-state index contributed by atoms with van der Waals surface area (Å²) >= 11 is 0. The van der Waals surface area contributed by atoms with Crippen LogP contribution in [0.3, 0.4) is 0 Å². The third kappa shape index (κ3) is 3.50. The third-order valence-corrected chi connectivity index (χ3v) is 6.25. The van der Waals surface area contributed by atoms with Crippen LogP contribution in [0.1, 0.15) is 36.5 Å². The lowest BCUT2D eigenvalue weighted by Crippen LogP contribution is -2.40. The molecule has 0 radical (unpaired) electrons. The fourth-order valence-electron chi connectivity index (χ4n) is 3.11. The smallest absolute Gasteiger partial charge is 0.251 e. The van der Waals surface area contributed by atoms with E-state index in [-0.39, 0.29) is 23.8 Å². The van der Waals surface area contributed by atoms with Gasteiger partial charge >= 0.3 is 0 Å². The maximum absolute atomic E-state index is 12.4. The van der Waals surface area contributed by atoms with Gasteiger partial charge in [0.1, 0.15) is 0 Å². The number of anilines is 1. The summed E-state index contributed by atoms with van der Waals surface area (Å²) in [5.41, 5.74) is 1.02. The molecule has 0 aliphatic carbocycles. The summed E-state index contributed by atoms with van der Waals surface area (Å²) in [4.78, 5) is 12.4. The second kappa shape index (κ2) is 6.49. The van der Waals surface area contributed by atoms with Gasteiger partial charge in [0.25, 0.3) is 5.91 Å². The quantitative estimate of drug-likeness (QED) is 0.903. The van der Waals surface area contributed by atoms with Gasteiger partial charge < -0.3 is 10.1 Å². The lowest BCUT2D eigenvalue weighted by atomic mass is 10.1. The molecule has 1 aromatic carbocycles. The molecule has 0 aromatic heterocycles. The van der Waals surface area contributed by atoms with E-state index in [9.17, 15) is 13.2 Å². The van der Waals surface area contributed by atoms with Gasteiger partial charge in [0.05, 0.1) is 23.6 Å². The Morgan fingerprint density at radius 2 is 2.22 bits per heavy atom. The maximum Gasteiger partial charge on any atom is 0.251 e. The molecule has 3 rings (SSSR count). The molecule has 0 spiro atoms. The molecule has 2 fully saturated rings. The number of carbonyl (C=O) groups excluding carboxylic acids is 1. The minimum absolute atomic E-state index is 0.0566. The molecule has 0 saturated carbocycles. The standard InChI is InChI=1S/C16H22N2O4S/c1-12(15-7-3-9-22-15)17-16(19)13-5-2-6-14(11-13)18-8-4-10-23(18,20)21/h2,5-6,11-12,15H,3-4,7-10H2,1H3,(H,17,19). The number of hydrogen-bond donors (Lipinski definition) is 1. The summed E-state index contributed by atoms with van der Waals surface area (Å²) in [5.74, 6) is -0.0362. The summed E-state index contributed by atoms with van der Waals surface area (Å²) in [6, 6.07) is 6.71. The van der Waals surface area contributed by atoms with Gasteiger partial charge in [-0.15, -0.1) is 0 Å². The van der Waals surface area contributed by atoms with Crippen molar-refractivity contribution in [2.24, 2.45) is 0 Å². The van der Waals surface area contributed by atoms with Gasteiger partial charge in [-0.1, -0.05) is 6.07 Å². The summed E-state index contributed by atoms with van der Waals surface area (Å²) in [7, 11) is -3.24. The summed E-state index contributed by atoms with van der Waals surface area (Å²) < 4.78 is 31.0. The van der Waals surface area contributed by atoms with Crippen molar-refractivity contribution in [2.75, 3.05) is 23.2 Å². The minimum atomic E-state index is -3.24. The average molecular weight is 338 g/mol. The Kier molecular flexibility index (Phi) is 4.59. The van der Waals surface area contributed by atoms with E-state index in [0.717, 1.165) is 19.4 Å². The molecule has 7 heteroatoms. The normalized spacial score (nSPS) is 24.6. The monoisotopic (exact) mass is 338 g/mol. The van der Waals surface area contributed by atoms with E-state index in [0.29, 0.717) is 24.2 Å². The van der Waals surface area contributed by atoms with Crippen LogP contribution in [0.25, 0.3) is 0 Å². The molecule has 2 aliphatic heterocycles. The molecule has 1 N–H and O–H groups in total. The first-order valence-corrected chi connectivity index (χ1v) is 9.61. The number of amides is 1. The van der Waals surface area contributed by atoms with E-state index >= 15 is 0 Å². The third-order valence-electron chi connectivity index (χ3n) is 4.38. The Labute approximate surface area is 136 Å². The van der Waals surface area contributed by atoms with Gasteiger partial charge in [-0.3, -0.25) is 9.10 Å². The van der Waals surface area contributed by atoms with E-state index in [1.54, 1.807) is 24.3 Å². The number of hydrogen-bond acceptors (Lipinski definition) is 4. The molecular formula is C16H22N2O4S. The predicted molar refractivity (Wildman–Crippen MR) is 88.1 cm³/mol. The Bertz CT molecular complexity index is 683. The number of benzene rings is 1. The fraction of sp³-hybridized carbons (Fsp3) is 0.562.